The topological polar surface area (TPSA) is 83.1 Å². The molecule has 1 saturated heterocycles. The van der Waals surface area contributed by atoms with Crippen LogP contribution >= 0.6 is 0 Å². The Bertz CT molecular complexity index is 873. The number of amides is 1. The van der Waals surface area contributed by atoms with Gasteiger partial charge in [0.15, 0.2) is 11.9 Å². The molecule has 3 aliphatic heterocycles. The molecule has 27 heavy (non-hydrogen) atoms. The first-order valence-corrected chi connectivity index (χ1v) is 8.47. The lowest BCUT2D eigenvalue weighted by Gasteiger charge is -2.29. The SMILES string of the molecule is COC(=O)C1=C(C(=O)Nc2ccc(C)c(F)c2)C2C=CC1(C1OCCO1)O2. The van der Waals surface area contributed by atoms with Gasteiger partial charge in [-0.1, -0.05) is 12.1 Å². The molecule has 0 aromatic heterocycles. The second-order valence-electron chi connectivity index (χ2n) is 6.46. The van der Waals surface area contributed by atoms with E-state index in [1.54, 1.807) is 31.2 Å². The molecule has 7 nitrogen and oxygen atoms in total. The zero-order chi connectivity index (χ0) is 19.2. The highest BCUT2D eigenvalue weighted by Crippen LogP contribution is 2.47. The van der Waals surface area contributed by atoms with E-state index >= 15 is 0 Å². The second-order valence-corrected chi connectivity index (χ2v) is 6.46. The molecule has 2 bridgehead atoms. The highest BCUT2D eigenvalue weighted by molar-refractivity contribution is 6.12. The van der Waals surface area contributed by atoms with Gasteiger partial charge in [0.2, 0.25) is 0 Å². The quantitative estimate of drug-likeness (QED) is 0.636. The molecule has 1 N–H and O–H groups in total. The molecule has 3 heterocycles. The average Bonchev–Trinajstić information content (AvgIpc) is 3.38. The molecular formula is C19H18FNO6. The van der Waals surface area contributed by atoms with Crippen molar-refractivity contribution >= 4 is 17.6 Å². The minimum Gasteiger partial charge on any atom is -0.466 e. The average molecular weight is 375 g/mol. The van der Waals surface area contributed by atoms with E-state index in [1.165, 1.54) is 13.2 Å². The number of rotatable bonds is 4. The first kappa shape index (κ1) is 17.8. The molecule has 1 aromatic carbocycles. The zero-order valence-corrected chi connectivity index (χ0v) is 14.8. The fraction of sp³-hybridized carbons (Fsp3) is 0.368. The van der Waals surface area contributed by atoms with Crippen molar-refractivity contribution < 1.29 is 32.9 Å². The summed E-state index contributed by atoms with van der Waals surface area (Å²) < 4.78 is 35.6. The van der Waals surface area contributed by atoms with E-state index in [-0.39, 0.29) is 16.8 Å². The van der Waals surface area contributed by atoms with Crippen LogP contribution in [0.15, 0.2) is 41.5 Å². The van der Waals surface area contributed by atoms with Gasteiger partial charge in [-0.2, -0.15) is 0 Å². The molecule has 1 aromatic rings. The van der Waals surface area contributed by atoms with Gasteiger partial charge in [-0.25, -0.2) is 9.18 Å². The number of carbonyl (C=O) groups is 2. The molecule has 8 heteroatoms. The van der Waals surface area contributed by atoms with E-state index < -0.39 is 35.7 Å². The molecule has 0 radical (unpaired) electrons. The summed E-state index contributed by atoms with van der Waals surface area (Å²) in [5, 5.41) is 2.61. The number of hydrogen-bond donors (Lipinski definition) is 1. The number of fused-ring (bicyclic) bond motifs is 2. The Morgan fingerprint density at radius 3 is 2.70 bits per heavy atom. The van der Waals surface area contributed by atoms with Gasteiger partial charge in [-0.15, -0.1) is 0 Å². The third kappa shape index (κ3) is 2.77. The molecule has 0 saturated carbocycles. The Labute approximate surface area is 154 Å². The van der Waals surface area contributed by atoms with Gasteiger partial charge in [0.1, 0.15) is 11.9 Å². The second kappa shape index (κ2) is 6.56. The molecule has 142 valence electrons. The van der Waals surface area contributed by atoms with Crippen molar-refractivity contribution in [1.29, 1.82) is 0 Å². The number of ether oxygens (including phenoxy) is 4. The van der Waals surface area contributed by atoms with E-state index in [0.717, 1.165) is 0 Å². The maximum atomic E-state index is 13.8. The lowest BCUT2D eigenvalue weighted by atomic mass is 9.85. The van der Waals surface area contributed by atoms with Crippen LogP contribution in [-0.2, 0) is 28.5 Å². The first-order chi connectivity index (χ1) is 13.0. The minimum absolute atomic E-state index is 0.0366. The number of methoxy groups -OCH3 is 1. The molecule has 3 aliphatic rings. The minimum atomic E-state index is -1.33. The smallest absolute Gasteiger partial charge is 0.337 e. The predicted molar refractivity (Wildman–Crippen MR) is 91.2 cm³/mol. The Kier molecular flexibility index (Phi) is 4.33. The van der Waals surface area contributed by atoms with Gasteiger partial charge in [0, 0.05) is 5.69 Å². The molecule has 1 fully saturated rings. The summed E-state index contributed by atoms with van der Waals surface area (Å²) in [6.45, 7) is 2.33. The van der Waals surface area contributed by atoms with Crippen molar-refractivity contribution in [1.82, 2.24) is 0 Å². The molecule has 2 atom stereocenters. The Balaban J connectivity index is 1.71. The number of halogens is 1. The first-order valence-electron chi connectivity index (χ1n) is 8.47. The summed E-state index contributed by atoms with van der Waals surface area (Å²) in [5.74, 6) is -1.72. The fourth-order valence-corrected chi connectivity index (χ4v) is 3.51. The molecule has 2 unspecified atom stereocenters. The molecule has 4 rings (SSSR count). The molecule has 1 amide bonds. The van der Waals surface area contributed by atoms with Crippen LogP contribution in [0.25, 0.3) is 0 Å². The molecule has 0 aliphatic carbocycles. The van der Waals surface area contributed by atoms with Gasteiger partial charge < -0.3 is 24.3 Å². The summed E-state index contributed by atoms with van der Waals surface area (Å²) in [4.78, 5) is 25.4. The van der Waals surface area contributed by atoms with Crippen molar-refractivity contribution in [2.75, 3.05) is 25.6 Å². The number of carbonyl (C=O) groups excluding carboxylic acids is 2. The van der Waals surface area contributed by atoms with Crippen LogP contribution < -0.4 is 5.32 Å². The van der Waals surface area contributed by atoms with Crippen molar-refractivity contribution in [2.24, 2.45) is 0 Å². The van der Waals surface area contributed by atoms with Gasteiger partial charge in [-0.05, 0) is 30.7 Å². The highest BCUT2D eigenvalue weighted by atomic mass is 19.1. The standard InChI is InChI=1S/C19H18FNO6/c1-10-3-4-11(9-12(10)20)21-16(22)14-13-5-6-19(27-13,15(14)17(23)24-2)18-25-7-8-26-18/h3-6,9,13,18H,7-8H2,1-2H3,(H,21,22). The van der Waals surface area contributed by atoms with Crippen LogP contribution in [0.2, 0.25) is 0 Å². The summed E-state index contributed by atoms with van der Waals surface area (Å²) >= 11 is 0. The lowest BCUT2D eigenvalue weighted by molar-refractivity contribution is -0.164. The Hall–Kier alpha value is -2.55. The van der Waals surface area contributed by atoms with Gasteiger partial charge >= 0.3 is 5.97 Å². The number of esters is 1. The Morgan fingerprint density at radius 1 is 1.30 bits per heavy atom. The van der Waals surface area contributed by atoms with Crippen molar-refractivity contribution in [3.05, 3.63) is 52.9 Å². The van der Waals surface area contributed by atoms with Gasteiger partial charge in [-0.3, -0.25) is 4.79 Å². The van der Waals surface area contributed by atoms with Gasteiger partial charge in [0.05, 0.1) is 31.5 Å². The normalized spacial score (nSPS) is 26.7. The Morgan fingerprint density at radius 2 is 2.04 bits per heavy atom. The van der Waals surface area contributed by atoms with E-state index in [9.17, 15) is 14.0 Å². The van der Waals surface area contributed by atoms with E-state index in [4.69, 9.17) is 18.9 Å². The summed E-state index contributed by atoms with van der Waals surface area (Å²) in [5.41, 5.74) is -0.463. The van der Waals surface area contributed by atoms with Crippen molar-refractivity contribution in [2.45, 2.75) is 24.9 Å². The number of hydrogen-bond acceptors (Lipinski definition) is 6. The zero-order valence-electron chi connectivity index (χ0n) is 14.8. The van der Waals surface area contributed by atoms with Crippen molar-refractivity contribution in [3.8, 4) is 0 Å². The lowest BCUT2D eigenvalue weighted by Crippen LogP contribution is -2.44. The van der Waals surface area contributed by atoms with E-state index in [2.05, 4.69) is 5.32 Å². The maximum Gasteiger partial charge on any atom is 0.337 e. The largest absolute Gasteiger partial charge is 0.466 e. The molecular weight excluding hydrogens is 357 g/mol. The third-order valence-corrected chi connectivity index (χ3v) is 4.82. The summed E-state index contributed by atoms with van der Waals surface area (Å²) in [6, 6.07) is 4.35. The number of benzene rings is 1. The summed E-state index contributed by atoms with van der Waals surface area (Å²) in [7, 11) is 1.22. The van der Waals surface area contributed by atoms with Crippen LogP contribution in [0.3, 0.4) is 0 Å². The van der Waals surface area contributed by atoms with Crippen LogP contribution in [0.5, 0.6) is 0 Å². The van der Waals surface area contributed by atoms with E-state index in [0.29, 0.717) is 18.8 Å². The van der Waals surface area contributed by atoms with Crippen LogP contribution in [0.4, 0.5) is 10.1 Å². The number of aryl methyl sites for hydroxylation is 1. The fourth-order valence-electron chi connectivity index (χ4n) is 3.51. The van der Waals surface area contributed by atoms with Gasteiger partial charge in [0.25, 0.3) is 5.91 Å². The van der Waals surface area contributed by atoms with E-state index in [1.807, 2.05) is 0 Å². The third-order valence-electron chi connectivity index (χ3n) is 4.82. The van der Waals surface area contributed by atoms with Crippen LogP contribution in [0.1, 0.15) is 5.56 Å². The highest BCUT2D eigenvalue weighted by Gasteiger charge is 2.60. The number of nitrogens with one attached hydrogen (secondary N) is 1. The van der Waals surface area contributed by atoms with Crippen molar-refractivity contribution in [3.63, 3.8) is 0 Å². The van der Waals surface area contributed by atoms with Crippen LogP contribution in [-0.4, -0.2) is 50.2 Å². The monoisotopic (exact) mass is 375 g/mol. The summed E-state index contributed by atoms with van der Waals surface area (Å²) in [6.07, 6.45) is 1.72. The van der Waals surface area contributed by atoms with Crippen LogP contribution in [0, 0.1) is 12.7 Å². The molecule has 0 spiro atoms. The predicted octanol–water partition coefficient (Wildman–Crippen LogP) is 1.62. The maximum absolute atomic E-state index is 13.8. The number of anilines is 1.